The third-order valence-corrected chi connectivity index (χ3v) is 2.12. The van der Waals surface area contributed by atoms with Gasteiger partial charge in [-0.15, -0.1) is 0 Å². The second-order valence-corrected chi connectivity index (χ2v) is 3.23. The van der Waals surface area contributed by atoms with E-state index >= 15 is 0 Å². The van der Waals surface area contributed by atoms with Gasteiger partial charge >= 0.3 is 0 Å². The van der Waals surface area contributed by atoms with Gasteiger partial charge in [0, 0.05) is 31.4 Å². The van der Waals surface area contributed by atoms with Crippen LogP contribution in [0.1, 0.15) is 6.42 Å². The average molecular weight is 193 g/mol. The van der Waals surface area contributed by atoms with Crippen LogP contribution >= 0.6 is 0 Å². The first kappa shape index (κ1) is 8.89. The zero-order valence-electron chi connectivity index (χ0n) is 7.55. The molecule has 6 nitrogen and oxygen atoms in total. The minimum Gasteiger partial charge on any atom is -0.381 e. The Hall–Kier alpha value is -1.69. The van der Waals surface area contributed by atoms with Crippen LogP contribution in [0.2, 0.25) is 0 Å². The van der Waals surface area contributed by atoms with Crippen molar-refractivity contribution in [1.29, 1.82) is 0 Å². The van der Waals surface area contributed by atoms with Gasteiger partial charge in [-0.05, 0) is 0 Å². The zero-order chi connectivity index (χ0) is 10.1. The molecule has 1 atom stereocenters. The van der Waals surface area contributed by atoms with Gasteiger partial charge in [-0.1, -0.05) is 0 Å². The maximum absolute atomic E-state index is 11.5. The number of nitrogens with zero attached hydrogens (tertiary/aromatic N) is 3. The molecule has 1 amide bonds. The highest BCUT2D eigenvalue weighted by Gasteiger charge is 2.30. The van der Waals surface area contributed by atoms with Crippen molar-refractivity contribution in [2.24, 2.45) is 5.73 Å². The van der Waals surface area contributed by atoms with Gasteiger partial charge in [-0.25, -0.2) is 9.97 Å². The third-order valence-electron chi connectivity index (χ3n) is 2.12. The number of carbonyl (C=O) groups excluding carboxylic acids is 1. The number of amides is 1. The van der Waals surface area contributed by atoms with E-state index in [-0.39, 0.29) is 17.8 Å². The van der Waals surface area contributed by atoms with Crippen LogP contribution in [0.4, 0.5) is 11.6 Å². The van der Waals surface area contributed by atoms with E-state index < -0.39 is 0 Å². The Kier molecular flexibility index (Phi) is 2.05. The summed E-state index contributed by atoms with van der Waals surface area (Å²) < 4.78 is 0. The SMILES string of the molecule is Nc1nccnc1N1CC(N)CC1=O. The van der Waals surface area contributed by atoms with Crippen LogP contribution in [0, 0.1) is 0 Å². The summed E-state index contributed by atoms with van der Waals surface area (Å²) in [6, 6.07) is -0.135. The van der Waals surface area contributed by atoms with E-state index in [9.17, 15) is 4.79 Å². The molecule has 4 N–H and O–H groups in total. The highest BCUT2D eigenvalue weighted by Crippen LogP contribution is 2.21. The molecular weight excluding hydrogens is 182 g/mol. The number of aromatic nitrogens is 2. The summed E-state index contributed by atoms with van der Waals surface area (Å²) in [4.78, 5) is 20.8. The van der Waals surface area contributed by atoms with Gasteiger partial charge < -0.3 is 11.5 Å². The first-order chi connectivity index (χ1) is 6.68. The highest BCUT2D eigenvalue weighted by atomic mass is 16.2. The second kappa shape index (κ2) is 3.22. The minimum atomic E-state index is -0.135. The third kappa shape index (κ3) is 1.39. The monoisotopic (exact) mass is 193 g/mol. The van der Waals surface area contributed by atoms with Crippen molar-refractivity contribution in [1.82, 2.24) is 9.97 Å². The van der Waals surface area contributed by atoms with Gasteiger partial charge in [-0.3, -0.25) is 9.69 Å². The van der Waals surface area contributed by atoms with Crippen molar-refractivity contribution in [3.05, 3.63) is 12.4 Å². The molecule has 1 aromatic heterocycles. The molecule has 0 spiro atoms. The Morgan fingerprint density at radius 3 is 2.71 bits per heavy atom. The molecule has 1 aliphatic rings. The molecular formula is C8H11N5O. The van der Waals surface area contributed by atoms with Gasteiger partial charge in [0.25, 0.3) is 0 Å². The van der Waals surface area contributed by atoms with Crippen LogP contribution < -0.4 is 16.4 Å². The number of nitrogens with two attached hydrogens (primary N) is 2. The smallest absolute Gasteiger partial charge is 0.229 e. The number of carbonyl (C=O) groups is 1. The number of rotatable bonds is 1. The second-order valence-electron chi connectivity index (χ2n) is 3.23. The first-order valence-corrected chi connectivity index (χ1v) is 4.31. The average Bonchev–Trinajstić information content (AvgIpc) is 2.46. The van der Waals surface area contributed by atoms with Crippen LogP contribution in [-0.4, -0.2) is 28.5 Å². The summed E-state index contributed by atoms with van der Waals surface area (Å²) in [6.45, 7) is 0.460. The molecule has 0 radical (unpaired) electrons. The van der Waals surface area contributed by atoms with Crippen LogP contribution in [-0.2, 0) is 4.79 Å². The van der Waals surface area contributed by atoms with Crippen molar-refractivity contribution in [3.63, 3.8) is 0 Å². The lowest BCUT2D eigenvalue weighted by atomic mass is 10.3. The van der Waals surface area contributed by atoms with Gasteiger partial charge in [0.1, 0.15) is 0 Å². The molecule has 0 bridgehead atoms. The fraction of sp³-hybridized carbons (Fsp3) is 0.375. The fourth-order valence-electron chi connectivity index (χ4n) is 1.49. The zero-order valence-corrected chi connectivity index (χ0v) is 7.55. The van der Waals surface area contributed by atoms with Crippen molar-refractivity contribution < 1.29 is 4.79 Å². The lowest BCUT2D eigenvalue weighted by molar-refractivity contribution is -0.117. The van der Waals surface area contributed by atoms with Crippen LogP contribution in [0.15, 0.2) is 12.4 Å². The Labute approximate surface area is 80.9 Å². The number of hydrogen-bond acceptors (Lipinski definition) is 5. The van der Waals surface area contributed by atoms with E-state index in [1.807, 2.05) is 0 Å². The van der Waals surface area contributed by atoms with E-state index in [4.69, 9.17) is 11.5 Å². The fourth-order valence-corrected chi connectivity index (χ4v) is 1.49. The highest BCUT2D eigenvalue weighted by molar-refractivity contribution is 5.97. The molecule has 0 aromatic carbocycles. The molecule has 1 saturated heterocycles. The van der Waals surface area contributed by atoms with E-state index in [0.29, 0.717) is 18.8 Å². The largest absolute Gasteiger partial charge is 0.381 e. The molecule has 0 saturated carbocycles. The van der Waals surface area contributed by atoms with Gasteiger partial charge in [0.05, 0.1) is 0 Å². The molecule has 6 heteroatoms. The summed E-state index contributed by atoms with van der Waals surface area (Å²) >= 11 is 0. The quantitative estimate of drug-likeness (QED) is 0.603. The standard InChI is InChI=1S/C8H11N5O/c9-5-3-6(14)13(4-5)8-7(10)11-1-2-12-8/h1-2,5H,3-4,9H2,(H2,10,11). The van der Waals surface area contributed by atoms with Crippen LogP contribution in [0.25, 0.3) is 0 Å². The predicted octanol–water partition coefficient (Wildman–Crippen LogP) is -0.877. The van der Waals surface area contributed by atoms with E-state index in [1.54, 1.807) is 0 Å². The Bertz CT molecular complexity index is 367. The summed E-state index contributed by atoms with van der Waals surface area (Å²) in [5.74, 6) is 0.616. The minimum absolute atomic E-state index is 0.0512. The maximum Gasteiger partial charge on any atom is 0.229 e. The summed E-state index contributed by atoms with van der Waals surface area (Å²) in [7, 11) is 0. The maximum atomic E-state index is 11.5. The molecule has 14 heavy (non-hydrogen) atoms. The molecule has 1 aliphatic heterocycles. The Morgan fingerprint density at radius 1 is 1.43 bits per heavy atom. The molecule has 1 aromatic rings. The molecule has 2 heterocycles. The molecule has 2 rings (SSSR count). The first-order valence-electron chi connectivity index (χ1n) is 4.31. The van der Waals surface area contributed by atoms with E-state index in [0.717, 1.165) is 0 Å². The molecule has 74 valence electrons. The van der Waals surface area contributed by atoms with Crippen molar-refractivity contribution >= 4 is 17.5 Å². The lowest BCUT2D eigenvalue weighted by Crippen LogP contribution is -2.29. The van der Waals surface area contributed by atoms with Crippen molar-refractivity contribution in [2.75, 3.05) is 17.2 Å². The Morgan fingerprint density at radius 2 is 2.14 bits per heavy atom. The predicted molar refractivity (Wildman–Crippen MR) is 51.4 cm³/mol. The number of nitrogen functional groups attached to an aromatic ring is 1. The van der Waals surface area contributed by atoms with Gasteiger partial charge in [-0.2, -0.15) is 0 Å². The van der Waals surface area contributed by atoms with Gasteiger partial charge in [0.15, 0.2) is 11.6 Å². The summed E-state index contributed by atoms with van der Waals surface area (Å²) in [5, 5.41) is 0. The van der Waals surface area contributed by atoms with Crippen LogP contribution in [0.5, 0.6) is 0 Å². The molecule has 1 fully saturated rings. The van der Waals surface area contributed by atoms with Crippen molar-refractivity contribution in [3.8, 4) is 0 Å². The topological polar surface area (TPSA) is 98.1 Å². The van der Waals surface area contributed by atoms with Gasteiger partial charge in [0.2, 0.25) is 5.91 Å². The normalized spacial score (nSPS) is 21.6. The van der Waals surface area contributed by atoms with Crippen molar-refractivity contribution in [2.45, 2.75) is 12.5 Å². The number of anilines is 2. The van der Waals surface area contributed by atoms with E-state index in [2.05, 4.69) is 9.97 Å². The summed E-state index contributed by atoms with van der Waals surface area (Å²) in [6.07, 6.45) is 3.33. The van der Waals surface area contributed by atoms with Crippen LogP contribution in [0.3, 0.4) is 0 Å². The van der Waals surface area contributed by atoms with E-state index in [1.165, 1.54) is 17.3 Å². The number of hydrogen-bond donors (Lipinski definition) is 2. The summed E-state index contributed by atoms with van der Waals surface area (Å²) in [5.41, 5.74) is 11.3. The molecule has 0 aliphatic carbocycles. The molecule has 1 unspecified atom stereocenters. The lowest BCUT2D eigenvalue weighted by Gasteiger charge is -2.15. The Balaban J connectivity index is 2.32.